The van der Waals surface area contributed by atoms with E-state index in [1.807, 2.05) is 36.4 Å². The monoisotopic (exact) mass is 494 g/mol. The zero-order valence-corrected chi connectivity index (χ0v) is 19.4. The first-order valence-electron chi connectivity index (χ1n) is 10.9. The van der Waals surface area contributed by atoms with Crippen molar-refractivity contribution in [3.8, 4) is 11.1 Å². The molecule has 180 valence electrons. The van der Waals surface area contributed by atoms with Crippen LogP contribution in [0.5, 0.6) is 0 Å². The van der Waals surface area contributed by atoms with E-state index in [1.165, 1.54) is 18.2 Å². The summed E-state index contributed by atoms with van der Waals surface area (Å²) in [6.45, 7) is 0.218. The van der Waals surface area contributed by atoms with Gasteiger partial charge >= 0.3 is 12.1 Å². The molecule has 3 aromatic rings. The van der Waals surface area contributed by atoms with Gasteiger partial charge in [-0.25, -0.2) is 9.59 Å². The minimum absolute atomic E-state index is 0.0172. The number of nitrogens with one attached hydrogen (secondary N) is 2. The second-order valence-electron chi connectivity index (χ2n) is 7.85. The number of halogens is 1. The Morgan fingerprint density at radius 2 is 1.60 bits per heavy atom. The summed E-state index contributed by atoms with van der Waals surface area (Å²) in [6.07, 6.45) is -0.565. The largest absolute Gasteiger partial charge is 0.478 e. The number of carboxylic acids is 1. The third-order valence-electron chi connectivity index (χ3n) is 5.58. The maximum Gasteiger partial charge on any atom is 0.407 e. The molecule has 9 heteroatoms. The predicted molar refractivity (Wildman–Crippen MR) is 131 cm³/mol. The lowest BCUT2D eigenvalue weighted by Crippen LogP contribution is -2.30. The zero-order valence-electron chi connectivity index (χ0n) is 18.6. The molecular formula is C26H23ClN2O6. The van der Waals surface area contributed by atoms with E-state index >= 15 is 0 Å². The first-order valence-corrected chi connectivity index (χ1v) is 11.3. The van der Waals surface area contributed by atoms with E-state index in [2.05, 4.69) is 22.8 Å². The molecule has 0 heterocycles. The fourth-order valence-corrected chi connectivity index (χ4v) is 4.20. The number of carboxylic acid groups (broad SMARTS) is 1. The molecule has 1 aliphatic carbocycles. The van der Waals surface area contributed by atoms with Crippen LogP contribution in [0.25, 0.3) is 11.1 Å². The van der Waals surface area contributed by atoms with Crippen LogP contribution in [0.1, 0.15) is 27.4 Å². The molecule has 35 heavy (non-hydrogen) atoms. The van der Waals surface area contributed by atoms with Crippen LogP contribution in [0.2, 0.25) is 5.02 Å². The van der Waals surface area contributed by atoms with Crippen LogP contribution < -0.4 is 10.6 Å². The highest BCUT2D eigenvalue weighted by atomic mass is 35.5. The van der Waals surface area contributed by atoms with Gasteiger partial charge in [0.2, 0.25) is 5.91 Å². The van der Waals surface area contributed by atoms with Crippen molar-refractivity contribution < 1.29 is 29.0 Å². The van der Waals surface area contributed by atoms with E-state index < -0.39 is 18.0 Å². The van der Waals surface area contributed by atoms with Crippen molar-refractivity contribution in [2.75, 3.05) is 31.7 Å². The molecule has 0 fully saturated rings. The van der Waals surface area contributed by atoms with Gasteiger partial charge in [0.05, 0.1) is 22.9 Å². The summed E-state index contributed by atoms with van der Waals surface area (Å²) >= 11 is 5.99. The molecule has 3 aromatic carbocycles. The van der Waals surface area contributed by atoms with Gasteiger partial charge in [0, 0.05) is 12.5 Å². The molecule has 4 rings (SSSR count). The highest BCUT2D eigenvalue weighted by Gasteiger charge is 2.28. The highest BCUT2D eigenvalue weighted by molar-refractivity contribution is 6.34. The normalized spacial score (nSPS) is 11.9. The maximum atomic E-state index is 12.2. The fraction of sp³-hybridized carbons (Fsp3) is 0.192. The molecule has 0 saturated heterocycles. The summed E-state index contributed by atoms with van der Waals surface area (Å²) in [5.74, 6) is -1.60. The van der Waals surface area contributed by atoms with Gasteiger partial charge in [-0.05, 0) is 40.5 Å². The first-order chi connectivity index (χ1) is 16.9. The number of rotatable bonds is 9. The summed E-state index contributed by atoms with van der Waals surface area (Å²) in [5.41, 5.74) is 4.87. The number of anilines is 1. The van der Waals surface area contributed by atoms with Crippen LogP contribution in [-0.2, 0) is 14.3 Å². The average molecular weight is 495 g/mol. The molecule has 0 unspecified atom stereocenters. The van der Waals surface area contributed by atoms with E-state index in [0.717, 1.165) is 22.3 Å². The van der Waals surface area contributed by atoms with E-state index in [-0.39, 0.29) is 48.6 Å². The third-order valence-corrected chi connectivity index (χ3v) is 5.90. The molecule has 8 nitrogen and oxygen atoms in total. The van der Waals surface area contributed by atoms with Gasteiger partial charge in [-0.15, -0.1) is 0 Å². The third kappa shape index (κ3) is 5.79. The van der Waals surface area contributed by atoms with Crippen LogP contribution in [0, 0.1) is 0 Å². The van der Waals surface area contributed by atoms with Crippen molar-refractivity contribution in [1.82, 2.24) is 5.32 Å². The lowest BCUT2D eigenvalue weighted by Gasteiger charge is -2.14. The summed E-state index contributed by atoms with van der Waals surface area (Å²) in [4.78, 5) is 35.1. The Morgan fingerprint density at radius 1 is 0.943 bits per heavy atom. The second-order valence-corrected chi connectivity index (χ2v) is 8.26. The fourth-order valence-electron chi connectivity index (χ4n) is 3.98. The topological polar surface area (TPSA) is 114 Å². The van der Waals surface area contributed by atoms with Gasteiger partial charge in [-0.1, -0.05) is 60.1 Å². The summed E-state index contributed by atoms with van der Waals surface area (Å²) in [5, 5.41) is 14.2. The number of ether oxygens (including phenoxy) is 2. The summed E-state index contributed by atoms with van der Waals surface area (Å²) in [7, 11) is 0. The zero-order chi connectivity index (χ0) is 24.8. The number of carbonyl (C=O) groups excluding carboxylic acids is 2. The molecule has 0 bridgehead atoms. The molecule has 0 saturated carbocycles. The average Bonchev–Trinajstić information content (AvgIpc) is 3.17. The number of benzene rings is 3. The number of hydrogen-bond donors (Lipinski definition) is 3. The predicted octanol–water partition coefficient (Wildman–Crippen LogP) is 4.53. The Kier molecular flexibility index (Phi) is 7.64. The lowest BCUT2D eigenvalue weighted by atomic mass is 9.98. The molecule has 1 aliphatic rings. The van der Waals surface area contributed by atoms with Gasteiger partial charge in [-0.2, -0.15) is 0 Å². The minimum atomic E-state index is -1.11. The number of hydrogen-bond acceptors (Lipinski definition) is 5. The van der Waals surface area contributed by atoms with Crippen LogP contribution in [0.15, 0.2) is 66.7 Å². The Balaban J connectivity index is 1.17. The molecule has 2 amide bonds. The Hall–Kier alpha value is -3.88. The van der Waals surface area contributed by atoms with E-state index in [0.29, 0.717) is 0 Å². The molecule has 3 N–H and O–H groups in total. The van der Waals surface area contributed by atoms with Gasteiger partial charge in [-0.3, -0.25) is 4.79 Å². The van der Waals surface area contributed by atoms with Gasteiger partial charge < -0.3 is 25.2 Å². The van der Waals surface area contributed by atoms with Crippen LogP contribution in [-0.4, -0.2) is 49.4 Å². The molecule has 0 aromatic heterocycles. The Labute approximate surface area is 206 Å². The Bertz CT molecular complexity index is 1220. The second kappa shape index (κ2) is 11.0. The van der Waals surface area contributed by atoms with E-state index in [1.54, 1.807) is 0 Å². The van der Waals surface area contributed by atoms with Crippen LogP contribution >= 0.6 is 11.6 Å². The van der Waals surface area contributed by atoms with Crippen LogP contribution in [0.4, 0.5) is 10.5 Å². The molecule has 0 aliphatic heterocycles. The number of carbonyl (C=O) groups is 3. The van der Waals surface area contributed by atoms with Gasteiger partial charge in [0.25, 0.3) is 0 Å². The highest BCUT2D eigenvalue weighted by Crippen LogP contribution is 2.44. The summed E-state index contributed by atoms with van der Waals surface area (Å²) in [6, 6.07) is 20.2. The molecule has 0 spiro atoms. The standard InChI is InChI=1S/C26H23ClN2O6/c27-22-13-16(25(31)32)9-10-23(22)29-24(30)15-34-12-11-28-26(33)35-14-21-19-7-3-1-5-17(19)18-6-2-4-8-20(18)21/h1-10,13,21H,11-12,14-15H2,(H,28,33)(H,29,30)(H,31,32). The molecular weight excluding hydrogens is 472 g/mol. The first kappa shape index (κ1) is 24.3. The van der Waals surface area contributed by atoms with Crippen molar-refractivity contribution in [3.63, 3.8) is 0 Å². The number of alkyl carbamates (subject to hydrolysis) is 1. The minimum Gasteiger partial charge on any atom is -0.478 e. The quantitative estimate of drug-likeness (QED) is 0.376. The Morgan fingerprint density at radius 3 is 2.23 bits per heavy atom. The number of aromatic carboxylic acids is 1. The van der Waals surface area contributed by atoms with E-state index in [9.17, 15) is 14.4 Å². The smallest absolute Gasteiger partial charge is 0.407 e. The van der Waals surface area contributed by atoms with Crippen LogP contribution in [0.3, 0.4) is 0 Å². The number of fused-ring (bicyclic) bond motifs is 3. The maximum absolute atomic E-state index is 12.2. The SMILES string of the molecule is O=C(COCCNC(=O)OCC1c2ccccc2-c2ccccc21)Nc1ccc(C(=O)O)cc1Cl. The van der Waals surface area contributed by atoms with Crippen molar-refractivity contribution in [3.05, 3.63) is 88.4 Å². The van der Waals surface area contributed by atoms with Gasteiger partial charge in [0.1, 0.15) is 13.2 Å². The number of amides is 2. The summed E-state index contributed by atoms with van der Waals surface area (Å²) < 4.78 is 10.7. The van der Waals surface area contributed by atoms with Gasteiger partial charge in [0.15, 0.2) is 0 Å². The lowest BCUT2D eigenvalue weighted by molar-refractivity contribution is -0.120. The van der Waals surface area contributed by atoms with Crippen molar-refractivity contribution >= 4 is 35.3 Å². The molecule has 0 radical (unpaired) electrons. The van der Waals surface area contributed by atoms with Crippen molar-refractivity contribution in [2.45, 2.75) is 5.92 Å². The van der Waals surface area contributed by atoms with Crippen molar-refractivity contribution in [1.29, 1.82) is 0 Å². The van der Waals surface area contributed by atoms with Crippen molar-refractivity contribution in [2.24, 2.45) is 0 Å². The van der Waals surface area contributed by atoms with E-state index in [4.69, 9.17) is 26.2 Å². The molecule has 0 atom stereocenters.